The second-order valence-corrected chi connectivity index (χ2v) is 5.50. The van der Waals surface area contributed by atoms with Gasteiger partial charge in [0.2, 0.25) is 0 Å². The van der Waals surface area contributed by atoms with Crippen molar-refractivity contribution in [2.24, 2.45) is 4.99 Å². The number of nitrogens with zero attached hydrogens (tertiary/aromatic N) is 4. The van der Waals surface area contributed by atoms with Gasteiger partial charge in [0.05, 0.1) is 12.0 Å². The van der Waals surface area contributed by atoms with Crippen LogP contribution in [0, 0.1) is 0 Å². The van der Waals surface area contributed by atoms with E-state index in [-0.39, 0.29) is 24.0 Å². The highest BCUT2D eigenvalue weighted by atomic mass is 127. The maximum absolute atomic E-state index is 5.35. The lowest BCUT2D eigenvalue weighted by Gasteiger charge is -2.36. The number of rotatable bonds is 5. The number of guanidine groups is 1. The SMILES string of the molecule is CCNC(=NCc1ccco1)N1CCN(Cc2ccon2)CC1.I. The molecule has 3 rings (SSSR count). The number of piperazine rings is 1. The highest BCUT2D eigenvalue weighted by molar-refractivity contribution is 14.0. The van der Waals surface area contributed by atoms with Crippen LogP contribution in [-0.4, -0.2) is 53.6 Å². The van der Waals surface area contributed by atoms with Gasteiger partial charge in [-0.1, -0.05) is 5.16 Å². The van der Waals surface area contributed by atoms with Crippen LogP contribution in [0.5, 0.6) is 0 Å². The number of aliphatic imine (C=N–C) groups is 1. The Morgan fingerprint density at radius 1 is 1.25 bits per heavy atom. The fourth-order valence-corrected chi connectivity index (χ4v) is 2.65. The van der Waals surface area contributed by atoms with Gasteiger partial charge in [-0.25, -0.2) is 4.99 Å². The quantitative estimate of drug-likeness (QED) is 0.432. The zero-order valence-corrected chi connectivity index (χ0v) is 16.2. The topological polar surface area (TPSA) is 70.0 Å². The molecule has 0 aliphatic carbocycles. The third-order valence-electron chi connectivity index (χ3n) is 3.85. The van der Waals surface area contributed by atoms with E-state index in [1.165, 1.54) is 0 Å². The molecule has 0 atom stereocenters. The Morgan fingerprint density at radius 2 is 2.08 bits per heavy atom. The average Bonchev–Trinajstić information content (AvgIpc) is 3.26. The molecule has 1 aliphatic heterocycles. The predicted octanol–water partition coefficient (Wildman–Crippen LogP) is 2.17. The summed E-state index contributed by atoms with van der Waals surface area (Å²) < 4.78 is 10.2. The van der Waals surface area contributed by atoms with E-state index in [0.717, 1.165) is 56.7 Å². The van der Waals surface area contributed by atoms with Gasteiger partial charge in [-0.2, -0.15) is 0 Å². The third-order valence-corrected chi connectivity index (χ3v) is 3.85. The van der Waals surface area contributed by atoms with Gasteiger partial charge in [-0.05, 0) is 19.1 Å². The minimum atomic E-state index is 0. The van der Waals surface area contributed by atoms with E-state index in [2.05, 4.69) is 32.2 Å². The van der Waals surface area contributed by atoms with Crippen molar-refractivity contribution in [1.82, 2.24) is 20.3 Å². The normalized spacial score (nSPS) is 16.0. The summed E-state index contributed by atoms with van der Waals surface area (Å²) in [4.78, 5) is 9.35. The summed E-state index contributed by atoms with van der Waals surface area (Å²) in [6, 6.07) is 5.75. The van der Waals surface area contributed by atoms with Crippen molar-refractivity contribution in [3.05, 3.63) is 42.2 Å². The minimum absolute atomic E-state index is 0. The number of furan rings is 1. The van der Waals surface area contributed by atoms with Crippen molar-refractivity contribution in [2.75, 3.05) is 32.7 Å². The molecule has 3 heterocycles. The van der Waals surface area contributed by atoms with Crippen molar-refractivity contribution in [1.29, 1.82) is 0 Å². The van der Waals surface area contributed by atoms with Crippen LogP contribution < -0.4 is 5.32 Å². The summed E-state index contributed by atoms with van der Waals surface area (Å²) in [6.45, 7) is 8.21. The van der Waals surface area contributed by atoms with Crippen LogP contribution in [0.15, 0.2) is 44.7 Å². The molecule has 1 fully saturated rings. The van der Waals surface area contributed by atoms with Crippen LogP contribution in [-0.2, 0) is 13.1 Å². The van der Waals surface area contributed by atoms with Gasteiger partial charge in [-0.15, -0.1) is 24.0 Å². The monoisotopic (exact) mass is 445 g/mol. The van der Waals surface area contributed by atoms with Crippen LogP contribution >= 0.6 is 24.0 Å². The zero-order valence-electron chi connectivity index (χ0n) is 13.9. The highest BCUT2D eigenvalue weighted by Crippen LogP contribution is 2.08. The van der Waals surface area contributed by atoms with Crippen LogP contribution in [0.3, 0.4) is 0 Å². The molecule has 0 spiro atoms. The lowest BCUT2D eigenvalue weighted by molar-refractivity contribution is 0.169. The molecular formula is C16H24IN5O2. The van der Waals surface area contributed by atoms with Crippen molar-refractivity contribution in [3.8, 4) is 0 Å². The highest BCUT2D eigenvalue weighted by Gasteiger charge is 2.20. The Labute approximate surface area is 159 Å². The Bertz CT molecular complexity index is 592. The molecule has 2 aromatic heterocycles. The average molecular weight is 445 g/mol. The summed E-state index contributed by atoms with van der Waals surface area (Å²) in [7, 11) is 0. The van der Waals surface area contributed by atoms with E-state index in [4.69, 9.17) is 8.94 Å². The Hall–Kier alpha value is -1.55. The molecule has 7 nitrogen and oxygen atoms in total. The molecule has 0 aromatic carbocycles. The molecule has 132 valence electrons. The van der Waals surface area contributed by atoms with Crippen LogP contribution in [0.4, 0.5) is 0 Å². The van der Waals surface area contributed by atoms with Crippen molar-refractivity contribution < 1.29 is 8.94 Å². The van der Waals surface area contributed by atoms with Crippen LogP contribution in [0.2, 0.25) is 0 Å². The summed E-state index contributed by atoms with van der Waals surface area (Å²) in [5, 5.41) is 7.34. The first-order chi connectivity index (χ1) is 11.3. The third kappa shape index (κ3) is 5.23. The van der Waals surface area contributed by atoms with Crippen molar-refractivity contribution in [2.45, 2.75) is 20.0 Å². The van der Waals surface area contributed by atoms with Crippen molar-refractivity contribution in [3.63, 3.8) is 0 Å². The molecule has 0 bridgehead atoms. The summed E-state index contributed by atoms with van der Waals surface area (Å²) >= 11 is 0. The van der Waals surface area contributed by atoms with Crippen molar-refractivity contribution >= 4 is 29.9 Å². The molecule has 1 N–H and O–H groups in total. The standard InChI is InChI=1S/C16H23N5O2.HI/c1-2-17-16(18-12-15-4-3-10-22-15)21-8-6-20(7-9-21)13-14-5-11-23-19-14;/h3-5,10-11H,2,6-9,12-13H2,1H3,(H,17,18);1H. The summed E-state index contributed by atoms with van der Waals surface area (Å²) in [5.41, 5.74) is 0.983. The molecule has 0 saturated carbocycles. The van der Waals surface area contributed by atoms with Gasteiger partial charge in [0.1, 0.15) is 18.6 Å². The van der Waals surface area contributed by atoms with Gasteiger partial charge < -0.3 is 19.2 Å². The molecule has 1 aliphatic rings. The van der Waals surface area contributed by atoms with Gasteiger partial charge in [0.25, 0.3) is 0 Å². The first-order valence-corrected chi connectivity index (χ1v) is 8.02. The number of nitrogens with one attached hydrogen (secondary N) is 1. The molecule has 2 aromatic rings. The van der Waals surface area contributed by atoms with E-state index in [9.17, 15) is 0 Å². The second-order valence-electron chi connectivity index (χ2n) is 5.50. The van der Waals surface area contributed by atoms with E-state index in [1.54, 1.807) is 12.5 Å². The zero-order chi connectivity index (χ0) is 15.9. The predicted molar refractivity (Wildman–Crippen MR) is 102 cm³/mol. The van der Waals surface area contributed by atoms with Crippen LogP contribution in [0.1, 0.15) is 18.4 Å². The Balaban J connectivity index is 0.00000208. The molecule has 1 saturated heterocycles. The van der Waals surface area contributed by atoms with E-state index in [0.29, 0.717) is 6.54 Å². The van der Waals surface area contributed by atoms with Gasteiger partial charge in [0, 0.05) is 45.3 Å². The molecule has 8 heteroatoms. The van der Waals surface area contributed by atoms with E-state index in [1.807, 2.05) is 18.2 Å². The fourth-order valence-electron chi connectivity index (χ4n) is 2.65. The lowest BCUT2D eigenvalue weighted by Crippen LogP contribution is -2.52. The first-order valence-electron chi connectivity index (χ1n) is 8.02. The smallest absolute Gasteiger partial charge is 0.194 e. The number of hydrogen-bond acceptors (Lipinski definition) is 5. The summed E-state index contributed by atoms with van der Waals surface area (Å²) in [5.74, 6) is 1.83. The molecular weight excluding hydrogens is 421 g/mol. The molecule has 0 amide bonds. The minimum Gasteiger partial charge on any atom is -0.467 e. The Kier molecular flexibility index (Phi) is 7.57. The molecule has 0 unspecified atom stereocenters. The fraction of sp³-hybridized carbons (Fsp3) is 0.500. The summed E-state index contributed by atoms with van der Waals surface area (Å²) in [6.07, 6.45) is 3.30. The van der Waals surface area contributed by atoms with Gasteiger partial charge >= 0.3 is 0 Å². The van der Waals surface area contributed by atoms with Crippen LogP contribution in [0.25, 0.3) is 0 Å². The first kappa shape index (κ1) is 18.8. The van der Waals surface area contributed by atoms with Gasteiger partial charge in [0.15, 0.2) is 5.96 Å². The lowest BCUT2D eigenvalue weighted by atomic mass is 10.3. The second kappa shape index (κ2) is 9.67. The molecule has 0 radical (unpaired) electrons. The maximum Gasteiger partial charge on any atom is 0.194 e. The Morgan fingerprint density at radius 3 is 2.71 bits per heavy atom. The van der Waals surface area contributed by atoms with Gasteiger partial charge in [-0.3, -0.25) is 4.90 Å². The largest absolute Gasteiger partial charge is 0.467 e. The number of aromatic nitrogens is 1. The van der Waals surface area contributed by atoms with E-state index >= 15 is 0 Å². The van der Waals surface area contributed by atoms with E-state index < -0.39 is 0 Å². The number of halogens is 1. The molecule has 24 heavy (non-hydrogen) atoms. The number of hydrogen-bond donors (Lipinski definition) is 1. The maximum atomic E-state index is 5.35.